The fourth-order valence-electron chi connectivity index (χ4n) is 1.93. The lowest BCUT2D eigenvalue weighted by molar-refractivity contribution is -0.141. The Labute approximate surface area is 123 Å². The summed E-state index contributed by atoms with van der Waals surface area (Å²) >= 11 is 0. The van der Waals surface area contributed by atoms with E-state index in [1.807, 2.05) is 32.6 Å². The molecule has 1 aromatic heterocycles. The van der Waals surface area contributed by atoms with Gasteiger partial charge in [-0.25, -0.2) is 4.98 Å². The van der Waals surface area contributed by atoms with Gasteiger partial charge in [0, 0.05) is 25.2 Å². The molecule has 0 unspecified atom stereocenters. The predicted molar refractivity (Wildman–Crippen MR) is 78.5 cm³/mol. The van der Waals surface area contributed by atoms with Gasteiger partial charge < -0.3 is 10.2 Å². The molecule has 0 atom stereocenters. The molecule has 0 saturated heterocycles. The minimum Gasteiger partial charge on any atom is -0.354 e. The molecule has 0 aliphatic rings. The lowest BCUT2D eigenvalue weighted by atomic mass is 10.1. The third-order valence-electron chi connectivity index (χ3n) is 2.82. The maximum Gasteiger partial charge on any atom is 0.433 e. The van der Waals surface area contributed by atoms with Gasteiger partial charge in [0.15, 0.2) is 5.69 Å². The van der Waals surface area contributed by atoms with Crippen molar-refractivity contribution in [1.29, 1.82) is 0 Å². The number of nitrogens with zero attached hydrogens (tertiary/aromatic N) is 3. The first-order valence-corrected chi connectivity index (χ1v) is 7.12. The van der Waals surface area contributed by atoms with Crippen molar-refractivity contribution in [2.45, 2.75) is 46.8 Å². The molecule has 7 heteroatoms. The van der Waals surface area contributed by atoms with Crippen LogP contribution in [-0.2, 0) is 6.18 Å². The molecule has 1 N–H and O–H groups in total. The van der Waals surface area contributed by atoms with Crippen LogP contribution in [0.3, 0.4) is 0 Å². The molecule has 0 aromatic carbocycles. The van der Waals surface area contributed by atoms with E-state index in [9.17, 15) is 13.2 Å². The summed E-state index contributed by atoms with van der Waals surface area (Å²) in [6.45, 7) is 10.8. The Bertz CT molecular complexity index is 458. The van der Waals surface area contributed by atoms with Crippen LogP contribution in [0.15, 0.2) is 6.07 Å². The van der Waals surface area contributed by atoms with Crippen molar-refractivity contribution in [2.75, 3.05) is 23.3 Å². The molecule has 0 aliphatic heterocycles. The molecule has 0 amide bonds. The lowest BCUT2D eigenvalue weighted by Crippen LogP contribution is -2.35. The van der Waals surface area contributed by atoms with Crippen molar-refractivity contribution in [3.63, 3.8) is 0 Å². The molecule has 0 aliphatic carbocycles. The molecule has 1 heterocycles. The summed E-state index contributed by atoms with van der Waals surface area (Å²) < 4.78 is 38.9. The van der Waals surface area contributed by atoms with Gasteiger partial charge in [-0.15, -0.1) is 0 Å². The summed E-state index contributed by atoms with van der Waals surface area (Å²) in [6.07, 6.45) is -4.48. The van der Waals surface area contributed by atoms with Gasteiger partial charge >= 0.3 is 6.18 Å². The molecule has 0 saturated carbocycles. The molecule has 4 nitrogen and oxygen atoms in total. The first-order valence-electron chi connectivity index (χ1n) is 7.12. The van der Waals surface area contributed by atoms with Crippen LogP contribution in [0.2, 0.25) is 0 Å². The van der Waals surface area contributed by atoms with E-state index in [0.29, 0.717) is 24.8 Å². The Hall–Kier alpha value is -1.53. The van der Waals surface area contributed by atoms with Crippen LogP contribution in [0.4, 0.5) is 24.9 Å². The highest BCUT2D eigenvalue weighted by molar-refractivity contribution is 5.46. The molecule has 120 valence electrons. The monoisotopic (exact) mass is 304 g/mol. The number of rotatable bonds is 6. The Balaban J connectivity index is 3.28. The van der Waals surface area contributed by atoms with E-state index in [0.717, 1.165) is 6.07 Å². The molecular formula is C14H23F3N4. The molecule has 0 fully saturated rings. The van der Waals surface area contributed by atoms with Gasteiger partial charge in [-0.05, 0) is 26.7 Å². The van der Waals surface area contributed by atoms with Gasteiger partial charge in [0.1, 0.15) is 5.82 Å². The van der Waals surface area contributed by atoms with Crippen LogP contribution in [-0.4, -0.2) is 29.1 Å². The molecular weight excluding hydrogens is 281 g/mol. The highest BCUT2D eigenvalue weighted by atomic mass is 19.4. The van der Waals surface area contributed by atoms with Crippen LogP contribution in [0.1, 0.15) is 40.3 Å². The molecule has 1 rings (SSSR count). The van der Waals surface area contributed by atoms with Gasteiger partial charge in [0.05, 0.1) is 0 Å². The number of anilines is 2. The summed E-state index contributed by atoms with van der Waals surface area (Å²) in [6, 6.07) is 1.07. The standard InChI is InChI=1S/C14H23F3N4/c1-6-18-13-19-11(14(15,16)17)7-12(20-13)21(10(4)5)8-9(2)3/h7,9-10H,6,8H2,1-5H3,(H,18,19,20). The Morgan fingerprint density at radius 1 is 1.19 bits per heavy atom. The smallest absolute Gasteiger partial charge is 0.354 e. The zero-order chi connectivity index (χ0) is 16.2. The number of hydrogen-bond acceptors (Lipinski definition) is 4. The predicted octanol–water partition coefficient (Wildman–Crippen LogP) is 3.80. The second kappa shape index (κ2) is 6.95. The Morgan fingerprint density at radius 2 is 1.81 bits per heavy atom. The van der Waals surface area contributed by atoms with Crippen molar-refractivity contribution in [3.8, 4) is 0 Å². The Morgan fingerprint density at radius 3 is 2.24 bits per heavy atom. The zero-order valence-electron chi connectivity index (χ0n) is 13.1. The summed E-state index contributed by atoms with van der Waals surface area (Å²) in [4.78, 5) is 9.62. The van der Waals surface area contributed by atoms with Crippen molar-refractivity contribution in [3.05, 3.63) is 11.8 Å². The number of halogens is 3. The Kier molecular flexibility index (Phi) is 5.80. The van der Waals surface area contributed by atoms with Crippen molar-refractivity contribution in [1.82, 2.24) is 9.97 Å². The summed E-state index contributed by atoms with van der Waals surface area (Å²) in [5.41, 5.74) is -0.919. The van der Waals surface area contributed by atoms with Gasteiger partial charge in [0.2, 0.25) is 5.95 Å². The van der Waals surface area contributed by atoms with Crippen molar-refractivity contribution in [2.24, 2.45) is 5.92 Å². The highest BCUT2D eigenvalue weighted by Crippen LogP contribution is 2.31. The van der Waals surface area contributed by atoms with E-state index < -0.39 is 11.9 Å². The minimum absolute atomic E-state index is 0.0109. The average molecular weight is 304 g/mol. The second-order valence-electron chi connectivity index (χ2n) is 5.60. The second-order valence-corrected chi connectivity index (χ2v) is 5.60. The van der Waals surface area contributed by atoms with E-state index in [2.05, 4.69) is 15.3 Å². The number of hydrogen-bond donors (Lipinski definition) is 1. The molecule has 0 bridgehead atoms. The van der Waals surface area contributed by atoms with E-state index in [1.165, 1.54) is 0 Å². The topological polar surface area (TPSA) is 41.1 Å². The first-order chi connectivity index (χ1) is 9.65. The third-order valence-corrected chi connectivity index (χ3v) is 2.82. The fourth-order valence-corrected chi connectivity index (χ4v) is 1.93. The van der Waals surface area contributed by atoms with Gasteiger partial charge in [-0.3, -0.25) is 0 Å². The average Bonchev–Trinajstić information content (AvgIpc) is 2.34. The maximum absolute atomic E-state index is 13.0. The molecule has 0 spiro atoms. The van der Waals surface area contributed by atoms with E-state index in [1.54, 1.807) is 6.92 Å². The summed E-state index contributed by atoms with van der Waals surface area (Å²) in [5.74, 6) is 0.632. The maximum atomic E-state index is 13.0. The third kappa shape index (κ3) is 5.06. The van der Waals surface area contributed by atoms with Crippen molar-refractivity contribution < 1.29 is 13.2 Å². The lowest BCUT2D eigenvalue weighted by Gasteiger charge is -2.30. The number of nitrogens with one attached hydrogen (secondary N) is 1. The fraction of sp³-hybridized carbons (Fsp3) is 0.714. The molecule has 1 aromatic rings. The van der Waals surface area contributed by atoms with Crippen LogP contribution >= 0.6 is 0 Å². The normalized spacial score (nSPS) is 12.1. The van der Waals surface area contributed by atoms with Crippen LogP contribution in [0.5, 0.6) is 0 Å². The minimum atomic E-state index is -4.48. The summed E-state index contributed by atoms with van der Waals surface area (Å²) in [7, 11) is 0. The van der Waals surface area contributed by atoms with E-state index in [-0.39, 0.29) is 12.0 Å². The first kappa shape index (κ1) is 17.5. The van der Waals surface area contributed by atoms with Crippen molar-refractivity contribution >= 4 is 11.8 Å². The number of aromatic nitrogens is 2. The zero-order valence-corrected chi connectivity index (χ0v) is 13.1. The SMILES string of the molecule is CCNc1nc(N(CC(C)C)C(C)C)cc(C(F)(F)F)n1. The molecule has 21 heavy (non-hydrogen) atoms. The quantitative estimate of drug-likeness (QED) is 0.868. The largest absolute Gasteiger partial charge is 0.433 e. The van der Waals surface area contributed by atoms with Gasteiger partial charge in [-0.1, -0.05) is 13.8 Å². The van der Waals surface area contributed by atoms with Gasteiger partial charge in [0.25, 0.3) is 0 Å². The van der Waals surface area contributed by atoms with Crippen LogP contribution < -0.4 is 10.2 Å². The summed E-state index contributed by atoms with van der Waals surface area (Å²) in [5, 5.41) is 2.76. The number of alkyl halides is 3. The molecule has 0 radical (unpaired) electrons. The van der Waals surface area contributed by atoms with E-state index >= 15 is 0 Å². The van der Waals surface area contributed by atoms with Crippen LogP contribution in [0.25, 0.3) is 0 Å². The van der Waals surface area contributed by atoms with Crippen LogP contribution in [0, 0.1) is 5.92 Å². The highest BCUT2D eigenvalue weighted by Gasteiger charge is 2.34. The van der Waals surface area contributed by atoms with E-state index in [4.69, 9.17) is 0 Å². The van der Waals surface area contributed by atoms with Gasteiger partial charge in [-0.2, -0.15) is 18.2 Å².